The van der Waals surface area contributed by atoms with Gasteiger partial charge in [0.2, 0.25) is 5.95 Å². The number of halogens is 1. The summed E-state index contributed by atoms with van der Waals surface area (Å²) in [6.45, 7) is 2.56. The van der Waals surface area contributed by atoms with Crippen LogP contribution < -0.4 is 15.4 Å². The Morgan fingerprint density at radius 1 is 1.04 bits per heavy atom. The summed E-state index contributed by atoms with van der Waals surface area (Å²) in [7, 11) is 1.66. The van der Waals surface area contributed by atoms with Crippen LogP contribution in [0.4, 0.5) is 17.5 Å². The van der Waals surface area contributed by atoms with E-state index in [0.29, 0.717) is 23.3 Å². The van der Waals surface area contributed by atoms with Gasteiger partial charge in [-0.15, -0.1) is 0 Å². The molecule has 25 heavy (non-hydrogen) atoms. The maximum absolute atomic E-state index is 6.02. The van der Waals surface area contributed by atoms with E-state index in [0.717, 1.165) is 22.7 Å². The second kappa shape index (κ2) is 7.85. The maximum atomic E-state index is 6.02. The van der Waals surface area contributed by atoms with Gasteiger partial charge < -0.3 is 15.4 Å². The zero-order chi connectivity index (χ0) is 17.6. The summed E-state index contributed by atoms with van der Waals surface area (Å²) >= 11 is 6.02. The number of benzene rings is 2. The highest BCUT2D eigenvalue weighted by molar-refractivity contribution is 6.30. The fourth-order valence-electron chi connectivity index (χ4n) is 2.35. The van der Waals surface area contributed by atoms with E-state index in [2.05, 4.69) is 20.6 Å². The van der Waals surface area contributed by atoms with Gasteiger partial charge in [0, 0.05) is 29.0 Å². The number of nitrogens with one attached hydrogen (secondary N) is 2. The average Bonchev–Trinajstić information content (AvgIpc) is 2.60. The molecule has 0 unspecified atom stereocenters. The van der Waals surface area contributed by atoms with Crippen LogP contribution in [0, 0.1) is 6.92 Å². The first-order valence-corrected chi connectivity index (χ1v) is 8.25. The molecule has 0 bridgehead atoms. The molecule has 0 saturated carbocycles. The van der Waals surface area contributed by atoms with Gasteiger partial charge in [-0.2, -0.15) is 4.98 Å². The molecule has 1 aromatic heterocycles. The van der Waals surface area contributed by atoms with Crippen molar-refractivity contribution in [1.82, 2.24) is 9.97 Å². The molecular formula is C19H19ClN4O. The van der Waals surface area contributed by atoms with Crippen molar-refractivity contribution in [1.29, 1.82) is 0 Å². The van der Waals surface area contributed by atoms with Gasteiger partial charge >= 0.3 is 0 Å². The molecule has 5 nitrogen and oxygen atoms in total. The molecule has 2 N–H and O–H groups in total. The van der Waals surface area contributed by atoms with E-state index in [1.807, 2.05) is 61.5 Å². The molecule has 1 heterocycles. The van der Waals surface area contributed by atoms with E-state index in [1.165, 1.54) is 0 Å². The molecule has 128 valence electrons. The maximum Gasteiger partial charge on any atom is 0.225 e. The second-order valence-electron chi connectivity index (χ2n) is 5.56. The Labute approximate surface area is 152 Å². The minimum atomic E-state index is 0.570. The predicted octanol–water partition coefficient (Wildman–Crippen LogP) is 4.80. The fourth-order valence-corrected chi connectivity index (χ4v) is 2.54. The van der Waals surface area contributed by atoms with Crippen LogP contribution in [0.5, 0.6) is 5.75 Å². The quantitative estimate of drug-likeness (QED) is 0.665. The SMILES string of the molecule is COc1ccc(CNc2nc(C)cc(Nc3cccc(Cl)c3)n2)cc1. The molecule has 3 aromatic rings. The zero-order valence-corrected chi connectivity index (χ0v) is 14.8. The standard InChI is InChI=1S/C19H19ClN4O/c1-13-10-18(23-16-5-3-4-15(20)11-16)24-19(22-13)21-12-14-6-8-17(25-2)9-7-14/h3-11H,12H2,1-2H3,(H2,21,22,23,24). The molecule has 3 rings (SSSR count). The molecule has 2 aromatic carbocycles. The van der Waals surface area contributed by atoms with Crippen LogP contribution in [0.2, 0.25) is 5.02 Å². The lowest BCUT2D eigenvalue weighted by Crippen LogP contribution is -2.06. The molecule has 0 aliphatic heterocycles. The summed E-state index contributed by atoms with van der Waals surface area (Å²) < 4.78 is 5.17. The van der Waals surface area contributed by atoms with Crippen LogP contribution in [0.3, 0.4) is 0 Å². The number of hydrogen-bond acceptors (Lipinski definition) is 5. The van der Waals surface area contributed by atoms with Crippen molar-refractivity contribution in [2.45, 2.75) is 13.5 Å². The molecule has 0 saturated heterocycles. The first kappa shape index (κ1) is 17.0. The van der Waals surface area contributed by atoms with E-state index in [9.17, 15) is 0 Å². The van der Waals surface area contributed by atoms with Crippen LogP contribution in [0.15, 0.2) is 54.6 Å². The van der Waals surface area contributed by atoms with Gasteiger partial charge in [-0.1, -0.05) is 29.8 Å². The van der Waals surface area contributed by atoms with Gasteiger partial charge in [0.15, 0.2) is 0 Å². The normalized spacial score (nSPS) is 10.4. The minimum absolute atomic E-state index is 0.570. The number of methoxy groups -OCH3 is 1. The van der Waals surface area contributed by atoms with Gasteiger partial charge in [-0.25, -0.2) is 4.98 Å². The van der Waals surface area contributed by atoms with Crippen molar-refractivity contribution in [3.05, 3.63) is 70.9 Å². The Bertz CT molecular complexity index is 852. The van der Waals surface area contributed by atoms with Crippen LogP contribution in [0.1, 0.15) is 11.3 Å². The second-order valence-corrected chi connectivity index (χ2v) is 5.99. The lowest BCUT2D eigenvalue weighted by atomic mass is 10.2. The minimum Gasteiger partial charge on any atom is -0.497 e. The summed E-state index contributed by atoms with van der Waals surface area (Å²) in [4.78, 5) is 8.94. The van der Waals surface area contributed by atoms with E-state index < -0.39 is 0 Å². The number of aryl methyl sites for hydroxylation is 1. The summed E-state index contributed by atoms with van der Waals surface area (Å²) in [6.07, 6.45) is 0. The van der Waals surface area contributed by atoms with E-state index in [4.69, 9.17) is 16.3 Å². The van der Waals surface area contributed by atoms with E-state index in [-0.39, 0.29) is 0 Å². The first-order chi connectivity index (χ1) is 12.1. The number of anilines is 3. The molecule has 0 radical (unpaired) electrons. The summed E-state index contributed by atoms with van der Waals surface area (Å²) in [5.41, 5.74) is 2.87. The summed E-state index contributed by atoms with van der Waals surface area (Å²) in [5.74, 6) is 2.12. The molecule has 0 atom stereocenters. The third-order valence-electron chi connectivity index (χ3n) is 3.56. The third kappa shape index (κ3) is 4.84. The Morgan fingerprint density at radius 3 is 2.56 bits per heavy atom. The zero-order valence-electron chi connectivity index (χ0n) is 14.1. The number of rotatable bonds is 6. The first-order valence-electron chi connectivity index (χ1n) is 7.87. The molecule has 0 aliphatic carbocycles. The lowest BCUT2D eigenvalue weighted by Gasteiger charge is -2.10. The van der Waals surface area contributed by atoms with Crippen molar-refractivity contribution in [3.63, 3.8) is 0 Å². The predicted molar refractivity (Wildman–Crippen MR) is 102 cm³/mol. The number of aromatic nitrogens is 2. The van der Waals surface area contributed by atoms with Crippen LogP contribution in [0.25, 0.3) is 0 Å². The number of ether oxygens (including phenoxy) is 1. The fraction of sp³-hybridized carbons (Fsp3) is 0.158. The molecule has 0 fully saturated rings. The smallest absolute Gasteiger partial charge is 0.225 e. The average molecular weight is 355 g/mol. The van der Waals surface area contributed by atoms with Gasteiger partial charge in [0.25, 0.3) is 0 Å². The Hall–Kier alpha value is -2.79. The van der Waals surface area contributed by atoms with Gasteiger partial charge in [0.1, 0.15) is 11.6 Å². The highest BCUT2D eigenvalue weighted by Crippen LogP contribution is 2.20. The van der Waals surface area contributed by atoms with Crippen molar-refractivity contribution >= 4 is 29.1 Å². The molecule has 0 amide bonds. The highest BCUT2D eigenvalue weighted by atomic mass is 35.5. The van der Waals surface area contributed by atoms with Crippen molar-refractivity contribution in [2.24, 2.45) is 0 Å². The number of hydrogen-bond donors (Lipinski definition) is 2. The Kier molecular flexibility index (Phi) is 5.36. The van der Waals surface area contributed by atoms with Crippen molar-refractivity contribution in [3.8, 4) is 5.75 Å². The topological polar surface area (TPSA) is 59.1 Å². The summed E-state index contributed by atoms with van der Waals surface area (Å²) in [6, 6.07) is 17.3. The van der Waals surface area contributed by atoms with Gasteiger partial charge in [-0.05, 0) is 42.8 Å². The monoisotopic (exact) mass is 354 g/mol. The van der Waals surface area contributed by atoms with Crippen molar-refractivity contribution in [2.75, 3.05) is 17.7 Å². The lowest BCUT2D eigenvalue weighted by molar-refractivity contribution is 0.414. The van der Waals surface area contributed by atoms with Crippen LogP contribution in [-0.4, -0.2) is 17.1 Å². The molecular weight excluding hydrogens is 336 g/mol. The van der Waals surface area contributed by atoms with Crippen molar-refractivity contribution < 1.29 is 4.74 Å². The Morgan fingerprint density at radius 2 is 1.84 bits per heavy atom. The molecule has 6 heteroatoms. The summed E-state index contributed by atoms with van der Waals surface area (Å²) in [5, 5.41) is 7.17. The third-order valence-corrected chi connectivity index (χ3v) is 3.80. The molecule has 0 aliphatic rings. The van der Waals surface area contributed by atoms with Gasteiger partial charge in [-0.3, -0.25) is 0 Å². The highest BCUT2D eigenvalue weighted by Gasteiger charge is 2.04. The van der Waals surface area contributed by atoms with Gasteiger partial charge in [0.05, 0.1) is 7.11 Å². The Balaban J connectivity index is 1.70. The van der Waals surface area contributed by atoms with Crippen LogP contribution in [-0.2, 0) is 6.54 Å². The molecule has 0 spiro atoms. The van der Waals surface area contributed by atoms with E-state index >= 15 is 0 Å². The largest absolute Gasteiger partial charge is 0.497 e. The number of nitrogens with zero attached hydrogens (tertiary/aromatic N) is 2. The van der Waals surface area contributed by atoms with Crippen LogP contribution >= 0.6 is 11.6 Å². The van der Waals surface area contributed by atoms with E-state index in [1.54, 1.807) is 7.11 Å².